The first-order valence-corrected chi connectivity index (χ1v) is 25.3. The lowest BCUT2D eigenvalue weighted by Crippen LogP contribution is -2.33. The van der Waals surface area contributed by atoms with Crippen LogP contribution in [0.25, 0.3) is 83.1 Å². The van der Waals surface area contributed by atoms with Gasteiger partial charge in [0, 0.05) is 33.2 Å². The minimum absolute atomic E-state index is 0.194. The zero-order valence-electron chi connectivity index (χ0n) is 40.1. The summed E-state index contributed by atoms with van der Waals surface area (Å²) in [7, 11) is 0. The van der Waals surface area contributed by atoms with E-state index in [1.807, 2.05) is 0 Å². The molecule has 2 heterocycles. The van der Waals surface area contributed by atoms with Crippen molar-refractivity contribution in [1.82, 2.24) is 4.57 Å². The van der Waals surface area contributed by atoms with Crippen LogP contribution in [-0.2, 0) is 10.8 Å². The third-order valence-corrected chi connectivity index (χ3v) is 16.4. The van der Waals surface area contributed by atoms with E-state index in [-0.39, 0.29) is 5.41 Å². The highest BCUT2D eigenvalue weighted by atomic mass is 15.1. The van der Waals surface area contributed by atoms with Crippen molar-refractivity contribution in [2.24, 2.45) is 0 Å². The summed E-state index contributed by atoms with van der Waals surface area (Å²) in [5, 5.41) is 2.58. The number of para-hydroxylation sites is 3. The molecule has 0 radical (unpaired) electrons. The fourth-order valence-electron chi connectivity index (χ4n) is 13.2. The number of nitrogens with zero attached hydrogens (tertiary/aromatic N) is 2. The van der Waals surface area contributed by atoms with Crippen LogP contribution in [0.4, 0.5) is 17.1 Å². The number of anilines is 3. The molecule has 0 bridgehead atoms. The quantitative estimate of drug-likeness (QED) is 0.161. The number of benzene rings is 11. The van der Waals surface area contributed by atoms with Crippen LogP contribution in [0.1, 0.15) is 47.2 Å². The van der Waals surface area contributed by atoms with Gasteiger partial charge in [-0.05, 0) is 144 Å². The maximum Gasteiger partial charge on any atom is 0.0754 e. The van der Waals surface area contributed by atoms with Crippen LogP contribution >= 0.6 is 0 Å². The molecule has 3 aliphatic rings. The molecular weight excluding hydrogens is 869 g/mol. The van der Waals surface area contributed by atoms with Gasteiger partial charge in [-0.3, -0.25) is 0 Å². The van der Waals surface area contributed by atoms with E-state index in [0.717, 1.165) is 17.1 Å². The van der Waals surface area contributed by atoms with Crippen LogP contribution in [0.15, 0.2) is 255 Å². The van der Waals surface area contributed by atoms with Crippen molar-refractivity contribution < 1.29 is 0 Å². The maximum atomic E-state index is 2.52. The molecule has 2 nitrogen and oxygen atoms in total. The molecule has 1 aromatic heterocycles. The van der Waals surface area contributed by atoms with Gasteiger partial charge < -0.3 is 9.47 Å². The van der Waals surface area contributed by atoms with Gasteiger partial charge in [-0.1, -0.05) is 214 Å². The van der Waals surface area contributed by atoms with Crippen molar-refractivity contribution in [2.75, 3.05) is 4.90 Å². The molecule has 72 heavy (non-hydrogen) atoms. The summed E-state index contributed by atoms with van der Waals surface area (Å²) in [6, 6.07) is 95.2. The lowest BCUT2D eigenvalue weighted by atomic mass is 9.65. The average molecular weight is 917 g/mol. The van der Waals surface area contributed by atoms with E-state index in [1.54, 1.807) is 0 Å². The first-order chi connectivity index (χ1) is 35.5. The summed E-state index contributed by atoms with van der Waals surface area (Å²) in [5.41, 5.74) is 27.0. The Morgan fingerprint density at radius 3 is 1.60 bits per heavy atom. The summed E-state index contributed by atoms with van der Waals surface area (Å²) in [6.07, 6.45) is 0. The second-order valence-corrected chi connectivity index (χ2v) is 20.4. The Hall–Kier alpha value is -8.98. The molecule has 12 aromatic rings. The predicted molar refractivity (Wildman–Crippen MR) is 300 cm³/mol. The highest BCUT2D eigenvalue weighted by Crippen LogP contribution is 2.62. The van der Waals surface area contributed by atoms with Crippen molar-refractivity contribution in [3.63, 3.8) is 0 Å². The monoisotopic (exact) mass is 916 g/mol. The van der Waals surface area contributed by atoms with E-state index >= 15 is 0 Å². The second-order valence-electron chi connectivity index (χ2n) is 20.4. The lowest BCUT2D eigenvalue weighted by molar-refractivity contribution is 0.660. The van der Waals surface area contributed by atoms with Crippen LogP contribution in [0.5, 0.6) is 0 Å². The van der Waals surface area contributed by atoms with Crippen molar-refractivity contribution in [3.8, 4) is 61.3 Å². The summed E-state index contributed by atoms with van der Waals surface area (Å²) in [6.45, 7) is 4.77. The number of aromatic nitrogens is 1. The smallest absolute Gasteiger partial charge is 0.0754 e. The molecule has 1 atom stereocenters. The number of rotatable bonds is 6. The van der Waals surface area contributed by atoms with E-state index in [1.165, 1.54) is 117 Å². The van der Waals surface area contributed by atoms with Gasteiger partial charge in [0.05, 0.1) is 22.1 Å². The molecule has 338 valence electrons. The number of hydrogen-bond donors (Lipinski definition) is 0. The molecule has 15 rings (SSSR count). The van der Waals surface area contributed by atoms with Crippen LogP contribution in [0.2, 0.25) is 0 Å². The van der Waals surface area contributed by atoms with Gasteiger partial charge in [-0.25, -0.2) is 0 Å². The average Bonchev–Trinajstić information content (AvgIpc) is 4.02. The zero-order valence-corrected chi connectivity index (χ0v) is 40.1. The molecule has 0 N–H and O–H groups in total. The molecule has 0 amide bonds. The van der Waals surface area contributed by atoms with Gasteiger partial charge in [0.2, 0.25) is 0 Å². The third-order valence-electron chi connectivity index (χ3n) is 16.4. The SMILES string of the molecule is CC1(C)c2cc(-c3ccccc3)ccc2-c2ccc(N(c3ccc(-c4ccccc4)cc3)c3ccc(-c4cccc5c4-c4ccccc4C54c5ccccc5-n5c6ccccc6c6cccc4c65)cc3)cc21. The van der Waals surface area contributed by atoms with Crippen molar-refractivity contribution in [3.05, 3.63) is 288 Å². The Bertz CT molecular complexity index is 4160. The van der Waals surface area contributed by atoms with Crippen molar-refractivity contribution in [2.45, 2.75) is 24.7 Å². The molecule has 1 aliphatic heterocycles. The topological polar surface area (TPSA) is 8.17 Å². The molecule has 1 unspecified atom stereocenters. The Kier molecular flexibility index (Phi) is 8.66. The second kappa shape index (κ2) is 15.3. The summed E-state index contributed by atoms with van der Waals surface area (Å²) in [4.78, 5) is 2.44. The Balaban J connectivity index is 0.880. The fraction of sp³-hybridized carbons (Fsp3) is 0.0571. The Labute approximate surface area is 420 Å². The molecular formula is C70H48N2. The van der Waals surface area contributed by atoms with Gasteiger partial charge in [0.1, 0.15) is 0 Å². The number of fused-ring (bicyclic) bond motifs is 15. The van der Waals surface area contributed by atoms with Gasteiger partial charge in [-0.15, -0.1) is 0 Å². The van der Waals surface area contributed by atoms with E-state index in [2.05, 4.69) is 278 Å². The van der Waals surface area contributed by atoms with Crippen LogP contribution in [-0.4, -0.2) is 4.57 Å². The Morgan fingerprint density at radius 2 is 0.833 bits per heavy atom. The normalized spacial score (nSPS) is 15.2. The van der Waals surface area contributed by atoms with E-state index < -0.39 is 5.41 Å². The molecule has 2 aliphatic carbocycles. The summed E-state index contributed by atoms with van der Waals surface area (Å²) < 4.78 is 2.52. The highest BCUT2D eigenvalue weighted by Gasteiger charge is 2.51. The molecule has 0 saturated heterocycles. The van der Waals surface area contributed by atoms with Gasteiger partial charge in [-0.2, -0.15) is 0 Å². The standard InChI is InChI=1S/C70H48N2/c1-69(2)63-43-49(46-19-7-4-8-20-46)35-41-54(63)55-42-40-52(44-64(55)69)71(50-36-31-47(32-37-50)45-17-5-3-6-18-45)51-38-33-48(34-39-51)53-23-15-27-61-67(53)58-22-9-11-25-59(58)70(61)60-26-12-14-30-66(60)72-65-29-13-10-21-56(65)57-24-16-28-62(70)68(57)72/h3-44H,1-2H3. The largest absolute Gasteiger partial charge is 0.310 e. The van der Waals surface area contributed by atoms with E-state index in [0.29, 0.717) is 0 Å². The molecule has 0 fully saturated rings. The third kappa shape index (κ3) is 5.61. The van der Waals surface area contributed by atoms with Gasteiger partial charge in [0.15, 0.2) is 0 Å². The number of hydrogen-bond acceptors (Lipinski definition) is 1. The van der Waals surface area contributed by atoms with Gasteiger partial charge >= 0.3 is 0 Å². The molecule has 11 aromatic carbocycles. The van der Waals surface area contributed by atoms with Crippen LogP contribution in [0.3, 0.4) is 0 Å². The van der Waals surface area contributed by atoms with E-state index in [9.17, 15) is 0 Å². The predicted octanol–water partition coefficient (Wildman–Crippen LogP) is 18.2. The zero-order chi connectivity index (χ0) is 47.7. The summed E-state index contributed by atoms with van der Waals surface area (Å²) in [5.74, 6) is 0. The van der Waals surface area contributed by atoms with Crippen molar-refractivity contribution >= 4 is 38.9 Å². The fourth-order valence-corrected chi connectivity index (χ4v) is 13.2. The maximum absolute atomic E-state index is 2.52. The first-order valence-electron chi connectivity index (χ1n) is 25.3. The van der Waals surface area contributed by atoms with Crippen LogP contribution in [0, 0.1) is 0 Å². The first kappa shape index (κ1) is 40.9. The molecule has 1 spiro atoms. The van der Waals surface area contributed by atoms with E-state index in [4.69, 9.17) is 0 Å². The highest BCUT2D eigenvalue weighted by molar-refractivity contribution is 6.13. The molecule has 0 saturated carbocycles. The summed E-state index contributed by atoms with van der Waals surface area (Å²) >= 11 is 0. The van der Waals surface area contributed by atoms with Gasteiger partial charge in [0.25, 0.3) is 0 Å². The minimum atomic E-state index is -0.505. The lowest BCUT2D eigenvalue weighted by Gasteiger charge is -2.39. The molecule has 2 heteroatoms. The minimum Gasteiger partial charge on any atom is -0.310 e. The Morgan fingerprint density at radius 1 is 0.319 bits per heavy atom. The van der Waals surface area contributed by atoms with Crippen molar-refractivity contribution in [1.29, 1.82) is 0 Å². The van der Waals surface area contributed by atoms with Crippen LogP contribution < -0.4 is 4.90 Å².